The molecule has 0 radical (unpaired) electrons. The van der Waals surface area contributed by atoms with Crippen LogP contribution in [0.2, 0.25) is 0 Å². The summed E-state index contributed by atoms with van der Waals surface area (Å²) in [5.41, 5.74) is 1.12. The highest BCUT2D eigenvalue weighted by Gasteiger charge is 2.11. The van der Waals surface area contributed by atoms with Gasteiger partial charge in [0.1, 0.15) is 5.69 Å². The molecule has 0 aromatic carbocycles. The second-order valence-electron chi connectivity index (χ2n) is 4.71. The highest BCUT2D eigenvalue weighted by atomic mass is 16.4. The fourth-order valence-corrected chi connectivity index (χ4v) is 1.55. The Bertz CT molecular complexity index is 460. The average molecular weight is 265 g/mol. The van der Waals surface area contributed by atoms with Gasteiger partial charge in [-0.25, -0.2) is 0 Å². The third-order valence-corrected chi connectivity index (χ3v) is 2.56. The van der Waals surface area contributed by atoms with E-state index >= 15 is 0 Å². The van der Waals surface area contributed by atoms with Gasteiger partial charge in [0.05, 0.1) is 0 Å². The van der Waals surface area contributed by atoms with Crippen molar-refractivity contribution in [2.24, 2.45) is 5.92 Å². The lowest BCUT2D eigenvalue weighted by atomic mass is 10.1. The van der Waals surface area contributed by atoms with Gasteiger partial charge in [-0.05, 0) is 18.1 Å². The molecule has 1 rings (SSSR count). The number of anilines is 1. The quantitative estimate of drug-likeness (QED) is 0.810. The van der Waals surface area contributed by atoms with Crippen LogP contribution in [0.3, 0.4) is 0 Å². The van der Waals surface area contributed by atoms with Crippen LogP contribution in [0.15, 0.2) is 18.3 Å². The van der Waals surface area contributed by atoms with Crippen molar-refractivity contribution in [3.8, 4) is 0 Å². The van der Waals surface area contributed by atoms with E-state index in [-0.39, 0.29) is 18.2 Å². The van der Waals surface area contributed by atoms with E-state index in [0.717, 1.165) is 5.69 Å². The predicted molar refractivity (Wildman–Crippen MR) is 72.2 cm³/mol. The molecule has 0 aliphatic rings. The molecule has 0 fully saturated rings. The van der Waals surface area contributed by atoms with Crippen molar-refractivity contribution in [2.45, 2.75) is 13.3 Å². The number of aliphatic carboxylic acids is 1. The van der Waals surface area contributed by atoms with Crippen molar-refractivity contribution in [2.75, 3.05) is 26.0 Å². The van der Waals surface area contributed by atoms with Crippen LogP contribution in [0.1, 0.15) is 23.8 Å². The van der Waals surface area contributed by atoms with Gasteiger partial charge in [-0.15, -0.1) is 0 Å². The summed E-state index contributed by atoms with van der Waals surface area (Å²) in [4.78, 5) is 27.8. The zero-order valence-electron chi connectivity index (χ0n) is 11.4. The normalized spacial score (nSPS) is 11.7. The van der Waals surface area contributed by atoms with Gasteiger partial charge in [0.2, 0.25) is 0 Å². The number of carboxylic acids is 1. The summed E-state index contributed by atoms with van der Waals surface area (Å²) in [6.07, 6.45) is 1.67. The minimum absolute atomic E-state index is 0.0127. The molecule has 1 amide bonds. The highest BCUT2D eigenvalue weighted by Crippen LogP contribution is 2.11. The predicted octanol–water partition coefficient (Wildman–Crippen LogP) is 1.31. The van der Waals surface area contributed by atoms with Crippen LogP contribution in [-0.2, 0) is 4.79 Å². The van der Waals surface area contributed by atoms with E-state index in [1.165, 1.54) is 4.90 Å². The number of hydrogen-bond acceptors (Lipinski definition) is 4. The lowest BCUT2D eigenvalue weighted by Crippen LogP contribution is -2.23. The molecule has 2 N–H and O–H groups in total. The van der Waals surface area contributed by atoms with Gasteiger partial charge in [-0.2, -0.15) is 0 Å². The van der Waals surface area contributed by atoms with Gasteiger partial charge in [0, 0.05) is 38.9 Å². The molecule has 1 atom stereocenters. The summed E-state index contributed by atoms with van der Waals surface area (Å²) in [6, 6.07) is 3.41. The molecule has 1 aromatic rings. The molecule has 1 heterocycles. The minimum atomic E-state index is -0.812. The summed E-state index contributed by atoms with van der Waals surface area (Å²) in [5, 5.41) is 11.8. The molecule has 19 heavy (non-hydrogen) atoms. The molecule has 104 valence electrons. The Morgan fingerprint density at radius 1 is 1.47 bits per heavy atom. The van der Waals surface area contributed by atoms with Gasteiger partial charge in [0.15, 0.2) is 0 Å². The van der Waals surface area contributed by atoms with Gasteiger partial charge >= 0.3 is 5.97 Å². The third kappa shape index (κ3) is 4.95. The van der Waals surface area contributed by atoms with Crippen molar-refractivity contribution >= 4 is 17.6 Å². The van der Waals surface area contributed by atoms with Gasteiger partial charge in [-0.1, -0.05) is 6.92 Å². The van der Waals surface area contributed by atoms with Crippen molar-refractivity contribution in [1.82, 2.24) is 9.88 Å². The smallest absolute Gasteiger partial charge is 0.303 e. The maximum Gasteiger partial charge on any atom is 0.303 e. The fraction of sp³-hybridized carbons (Fsp3) is 0.462. The maximum atomic E-state index is 11.7. The molecule has 1 unspecified atom stereocenters. The average Bonchev–Trinajstić information content (AvgIpc) is 2.35. The Balaban J connectivity index is 2.62. The standard InChI is InChI=1S/C13H19N3O3/c1-9(6-12(17)18)8-15-10-4-5-14-11(7-10)13(19)16(2)3/h4-5,7,9H,6,8H2,1-3H3,(H,14,15)(H,17,18). The number of pyridine rings is 1. The first-order valence-corrected chi connectivity index (χ1v) is 6.03. The molecular weight excluding hydrogens is 246 g/mol. The Morgan fingerprint density at radius 3 is 2.74 bits per heavy atom. The number of carbonyl (C=O) groups is 2. The van der Waals surface area contributed by atoms with Crippen LogP contribution in [0.25, 0.3) is 0 Å². The van der Waals surface area contributed by atoms with E-state index in [4.69, 9.17) is 5.11 Å². The number of aromatic nitrogens is 1. The van der Waals surface area contributed by atoms with Crippen molar-refractivity contribution in [1.29, 1.82) is 0 Å². The molecule has 0 aliphatic carbocycles. The fourth-order valence-electron chi connectivity index (χ4n) is 1.55. The van der Waals surface area contributed by atoms with Crippen LogP contribution in [0.4, 0.5) is 5.69 Å². The minimum Gasteiger partial charge on any atom is -0.481 e. The number of nitrogens with zero attached hydrogens (tertiary/aromatic N) is 2. The lowest BCUT2D eigenvalue weighted by molar-refractivity contribution is -0.137. The van der Waals surface area contributed by atoms with Gasteiger partial charge in [0.25, 0.3) is 5.91 Å². The summed E-state index contributed by atoms with van der Waals surface area (Å²) < 4.78 is 0. The number of carbonyl (C=O) groups excluding carboxylic acids is 1. The zero-order valence-corrected chi connectivity index (χ0v) is 11.4. The number of carboxylic acid groups (broad SMARTS) is 1. The largest absolute Gasteiger partial charge is 0.481 e. The number of amides is 1. The number of hydrogen-bond donors (Lipinski definition) is 2. The monoisotopic (exact) mass is 265 g/mol. The maximum absolute atomic E-state index is 11.7. The van der Waals surface area contributed by atoms with E-state index < -0.39 is 5.97 Å². The molecule has 6 heteroatoms. The van der Waals surface area contributed by atoms with E-state index in [1.54, 1.807) is 32.4 Å². The van der Waals surface area contributed by atoms with E-state index in [0.29, 0.717) is 12.2 Å². The van der Waals surface area contributed by atoms with Crippen LogP contribution in [0.5, 0.6) is 0 Å². The Labute approximate surface area is 112 Å². The third-order valence-electron chi connectivity index (χ3n) is 2.56. The molecule has 0 spiro atoms. The van der Waals surface area contributed by atoms with Crippen molar-refractivity contribution in [3.63, 3.8) is 0 Å². The number of rotatable bonds is 6. The van der Waals surface area contributed by atoms with Crippen LogP contribution < -0.4 is 5.32 Å². The van der Waals surface area contributed by atoms with E-state index in [2.05, 4.69) is 10.3 Å². The van der Waals surface area contributed by atoms with Crippen LogP contribution >= 0.6 is 0 Å². The van der Waals surface area contributed by atoms with Crippen LogP contribution in [0, 0.1) is 5.92 Å². The first-order valence-electron chi connectivity index (χ1n) is 6.03. The van der Waals surface area contributed by atoms with Crippen LogP contribution in [-0.4, -0.2) is 47.5 Å². The molecule has 0 saturated carbocycles. The summed E-state index contributed by atoms with van der Waals surface area (Å²) in [6.45, 7) is 2.39. The highest BCUT2D eigenvalue weighted by molar-refractivity contribution is 5.92. The zero-order chi connectivity index (χ0) is 14.4. The topological polar surface area (TPSA) is 82.5 Å². The summed E-state index contributed by atoms with van der Waals surface area (Å²) >= 11 is 0. The lowest BCUT2D eigenvalue weighted by Gasteiger charge is -2.13. The first kappa shape index (κ1) is 14.9. The summed E-state index contributed by atoms with van der Waals surface area (Å²) in [7, 11) is 3.33. The molecule has 6 nitrogen and oxygen atoms in total. The molecular formula is C13H19N3O3. The number of nitrogens with one attached hydrogen (secondary N) is 1. The van der Waals surface area contributed by atoms with Crippen molar-refractivity contribution < 1.29 is 14.7 Å². The Kier molecular flexibility index (Phi) is 5.29. The van der Waals surface area contributed by atoms with Gasteiger partial charge < -0.3 is 15.3 Å². The second kappa shape index (κ2) is 6.72. The van der Waals surface area contributed by atoms with Gasteiger partial charge in [-0.3, -0.25) is 14.6 Å². The van der Waals surface area contributed by atoms with E-state index in [9.17, 15) is 9.59 Å². The first-order chi connectivity index (χ1) is 8.90. The molecule has 0 saturated heterocycles. The molecule has 0 aliphatic heterocycles. The second-order valence-corrected chi connectivity index (χ2v) is 4.71. The Hall–Kier alpha value is -2.11. The Morgan fingerprint density at radius 2 is 2.16 bits per heavy atom. The molecule has 1 aromatic heterocycles. The summed E-state index contributed by atoms with van der Waals surface area (Å²) in [5.74, 6) is -0.964. The van der Waals surface area contributed by atoms with E-state index in [1.807, 2.05) is 6.92 Å². The molecule has 0 bridgehead atoms. The SMILES string of the molecule is CC(CNc1ccnc(C(=O)N(C)C)c1)CC(=O)O. The van der Waals surface area contributed by atoms with Crippen molar-refractivity contribution in [3.05, 3.63) is 24.0 Å².